The lowest BCUT2D eigenvalue weighted by molar-refractivity contribution is -0.629. The van der Waals surface area contributed by atoms with Gasteiger partial charge >= 0.3 is 12.4 Å². The van der Waals surface area contributed by atoms with Crippen LogP contribution < -0.4 is 4.57 Å². The molecule has 0 aliphatic heterocycles. The Hall–Kier alpha value is -10.7. The van der Waals surface area contributed by atoms with E-state index < -0.39 is 92.5 Å². The number of alkyl halides is 6. The van der Waals surface area contributed by atoms with Gasteiger partial charge in [-0.2, -0.15) is 30.9 Å². The number of rotatable bonds is 7. The van der Waals surface area contributed by atoms with Crippen LogP contribution in [0.25, 0.3) is 87.9 Å². The second kappa shape index (κ2) is 30.6. The number of aryl methyl sites for hydroxylation is 3. The number of nitrogens with zero attached hydrogens (tertiary/aromatic N) is 4. The minimum atomic E-state index is -4.32. The molecule has 486 valence electrons. The molecule has 13 aromatic rings. The molecule has 13 rings (SSSR count). The van der Waals surface area contributed by atoms with Crippen molar-refractivity contribution in [1.82, 2.24) is 15.0 Å². The molecule has 0 saturated heterocycles. The van der Waals surface area contributed by atoms with E-state index in [1.807, 2.05) is 17.4 Å². The summed E-state index contributed by atoms with van der Waals surface area (Å²) in [5.41, 5.74) is 5.67. The lowest BCUT2D eigenvalue weighted by Gasteiger charge is -2.10. The Kier molecular flexibility index (Phi) is 22.2. The number of benzene rings is 9. The van der Waals surface area contributed by atoms with Gasteiger partial charge in [0.1, 0.15) is 17.6 Å². The third kappa shape index (κ3) is 16.4. The number of hydrogen-bond donors (Lipinski definition) is 0. The van der Waals surface area contributed by atoms with Crippen LogP contribution >= 0.6 is 11.3 Å². The Morgan fingerprint density at radius 1 is 0.333 bits per heavy atom. The van der Waals surface area contributed by atoms with Crippen molar-refractivity contribution < 1.29 is 70.4 Å². The van der Waals surface area contributed by atoms with Crippen molar-refractivity contribution in [3.8, 4) is 77.7 Å². The first kappa shape index (κ1) is 69.6. The average molecular weight is 1340 g/mol. The Balaban J connectivity index is 0.000000142. The number of thiazole rings is 1. The first-order chi connectivity index (χ1) is 45.8. The van der Waals surface area contributed by atoms with E-state index in [2.05, 4.69) is 81.2 Å². The molecule has 0 bridgehead atoms. The molecule has 0 unspecified atom stereocenters. The standard InChI is InChI=1S/C18H9F5.C18H11F4N.C14H12NS.2C13H10F3N/c19-14-13(15(20)17(22)18(23)16(14)21)12-8-4-7-11(9-12)10-5-2-1-3-6-10;1-10-15(19)14(17(21)18(22)16(10)20)12-7-5-11(6-8-12)13-4-2-3-9-23-13;1-15-12-9-5-6-10-13(12)16-14(15)11-7-3-2-4-8-11;1-9-8-10(13(14,15)16)5-6-11(9)12-4-2-3-7-17-12;1-9-6-10(12-4-2-3-5-17-12)8-11(7-9)13(14,15)16/h1-9H;2-9H,1H3;2-10H,1H3;2*2-8H,1H3/q;;+1;;. The highest BCUT2D eigenvalue weighted by atomic mass is 32.1. The van der Waals surface area contributed by atoms with Gasteiger partial charge in [0, 0.05) is 46.9 Å². The molecule has 9 aromatic carbocycles. The molecule has 0 radical (unpaired) electrons. The van der Waals surface area contributed by atoms with E-state index in [0.717, 1.165) is 47.9 Å². The Labute approximate surface area is 545 Å². The molecule has 4 aromatic heterocycles. The fraction of sp³-hybridized carbons (Fsp3) is 0.0789. The summed E-state index contributed by atoms with van der Waals surface area (Å²) < 4.78 is 202. The van der Waals surface area contributed by atoms with Crippen molar-refractivity contribution in [3.05, 3.63) is 323 Å². The van der Waals surface area contributed by atoms with Gasteiger partial charge in [0.05, 0.1) is 44.9 Å². The van der Waals surface area contributed by atoms with Crippen molar-refractivity contribution >= 4 is 21.6 Å². The van der Waals surface area contributed by atoms with Crippen molar-refractivity contribution in [2.45, 2.75) is 33.1 Å². The van der Waals surface area contributed by atoms with Crippen LogP contribution in [0.4, 0.5) is 65.9 Å². The topological polar surface area (TPSA) is 42.5 Å². The van der Waals surface area contributed by atoms with Crippen molar-refractivity contribution in [2.75, 3.05) is 0 Å². The van der Waals surface area contributed by atoms with E-state index in [4.69, 9.17) is 0 Å². The number of aromatic nitrogens is 4. The second-order valence-corrected chi connectivity index (χ2v) is 22.3. The molecule has 0 aliphatic rings. The van der Waals surface area contributed by atoms with Crippen LogP contribution in [-0.4, -0.2) is 15.0 Å². The second-order valence-electron chi connectivity index (χ2n) is 21.3. The predicted octanol–water partition coefficient (Wildman–Crippen LogP) is 22.5. The molecule has 0 atom stereocenters. The zero-order valence-electron chi connectivity index (χ0n) is 51.0. The molecule has 0 N–H and O–H groups in total. The summed E-state index contributed by atoms with van der Waals surface area (Å²) in [6.45, 7) is 4.36. The van der Waals surface area contributed by atoms with Crippen molar-refractivity contribution in [1.29, 1.82) is 0 Å². The maximum Gasteiger partial charge on any atom is 0.416 e. The first-order valence-electron chi connectivity index (χ1n) is 29.0. The quantitative estimate of drug-likeness (QED) is 0.0691. The molecule has 4 nitrogen and oxygen atoms in total. The molecule has 0 amide bonds. The smallest absolute Gasteiger partial charge is 0.256 e. The molecule has 4 heterocycles. The fourth-order valence-electron chi connectivity index (χ4n) is 9.90. The van der Waals surface area contributed by atoms with E-state index in [1.165, 1.54) is 57.2 Å². The SMILES string of the molecule is C[n+]1c(-c2ccccc2)sc2ccccc21.Cc1c(F)c(F)c(F)c(-c2ccc(-c3ccccn3)cc2)c1F.Cc1cc(-c2ccccn2)cc(C(F)(F)F)c1.Cc1cc(C(F)(F)F)ccc1-c1ccccn1.Fc1c(F)c(F)c(-c2cccc(-c3ccccc3)c2)c(F)c1F. The van der Waals surface area contributed by atoms with Gasteiger partial charge in [-0.3, -0.25) is 15.0 Å². The van der Waals surface area contributed by atoms with Crippen LogP contribution in [0, 0.1) is 73.1 Å². The molecule has 0 spiro atoms. The van der Waals surface area contributed by atoms with Gasteiger partial charge < -0.3 is 0 Å². The zero-order chi connectivity index (χ0) is 69.0. The third-order valence-electron chi connectivity index (χ3n) is 14.7. The fourth-order valence-corrected chi connectivity index (χ4v) is 11.1. The number of hydrogen-bond acceptors (Lipinski definition) is 4. The highest BCUT2D eigenvalue weighted by Crippen LogP contribution is 2.38. The maximum absolute atomic E-state index is 14.2. The van der Waals surface area contributed by atoms with Crippen LogP contribution in [0.5, 0.6) is 0 Å². The van der Waals surface area contributed by atoms with Gasteiger partial charge in [0.25, 0.3) is 5.01 Å². The predicted molar refractivity (Wildman–Crippen MR) is 344 cm³/mol. The molecule has 0 fully saturated rings. The first-order valence-corrected chi connectivity index (χ1v) is 29.8. The third-order valence-corrected chi connectivity index (χ3v) is 16.0. The minimum Gasteiger partial charge on any atom is -0.256 e. The number of halogens is 15. The zero-order valence-corrected chi connectivity index (χ0v) is 51.8. The molecule has 0 saturated carbocycles. The number of para-hydroxylation sites is 1. The molecule has 20 heteroatoms. The van der Waals surface area contributed by atoms with E-state index >= 15 is 0 Å². The monoisotopic (exact) mass is 1340 g/mol. The van der Waals surface area contributed by atoms with Gasteiger partial charge in [0.15, 0.2) is 40.7 Å². The molecule has 0 aliphatic carbocycles. The van der Waals surface area contributed by atoms with Crippen LogP contribution in [-0.2, 0) is 19.4 Å². The minimum absolute atomic E-state index is 0.0841. The van der Waals surface area contributed by atoms with Gasteiger partial charge in [-0.25, -0.2) is 39.5 Å². The van der Waals surface area contributed by atoms with Gasteiger partial charge in [-0.1, -0.05) is 139 Å². The normalized spacial score (nSPS) is 11.1. The molecule has 96 heavy (non-hydrogen) atoms. The average Bonchev–Trinajstić information content (AvgIpc) is 0.934. The van der Waals surface area contributed by atoms with Gasteiger partial charge in [0.2, 0.25) is 11.3 Å². The summed E-state index contributed by atoms with van der Waals surface area (Å²) in [7, 11) is 2.13. The van der Waals surface area contributed by atoms with E-state index in [9.17, 15) is 65.9 Å². The van der Waals surface area contributed by atoms with Crippen molar-refractivity contribution in [3.63, 3.8) is 0 Å². The summed E-state index contributed by atoms with van der Waals surface area (Å²) in [5.74, 6) is -15.6. The molecular formula is C76H52F15N4S+. The Bertz CT molecular complexity index is 4750. The summed E-state index contributed by atoms with van der Waals surface area (Å²) in [4.78, 5) is 12.3. The summed E-state index contributed by atoms with van der Waals surface area (Å²) >= 11 is 1.84. The summed E-state index contributed by atoms with van der Waals surface area (Å²) in [5, 5.41) is 1.31. The lowest BCUT2D eigenvalue weighted by atomic mass is 9.98. The largest absolute Gasteiger partial charge is 0.416 e. The van der Waals surface area contributed by atoms with Gasteiger partial charge in [-0.15, -0.1) is 0 Å². The highest BCUT2D eigenvalue weighted by molar-refractivity contribution is 7.21. The van der Waals surface area contributed by atoms with E-state index in [1.54, 1.807) is 136 Å². The van der Waals surface area contributed by atoms with Crippen LogP contribution in [0.3, 0.4) is 0 Å². The number of fused-ring (bicyclic) bond motifs is 1. The van der Waals surface area contributed by atoms with E-state index in [-0.39, 0.29) is 11.1 Å². The highest BCUT2D eigenvalue weighted by Gasteiger charge is 2.33. The van der Waals surface area contributed by atoms with Crippen LogP contribution in [0.1, 0.15) is 27.8 Å². The van der Waals surface area contributed by atoms with Crippen molar-refractivity contribution in [2.24, 2.45) is 7.05 Å². The van der Waals surface area contributed by atoms with E-state index in [0.29, 0.717) is 39.3 Å². The number of pyridine rings is 3. The van der Waals surface area contributed by atoms with Crippen LogP contribution in [0.2, 0.25) is 0 Å². The summed E-state index contributed by atoms with van der Waals surface area (Å²) in [6.07, 6.45) is -3.82. The Morgan fingerprint density at radius 2 is 0.792 bits per heavy atom. The maximum atomic E-state index is 14.2. The lowest BCUT2D eigenvalue weighted by Crippen LogP contribution is -2.28. The van der Waals surface area contributed by atoms with Crippen LogP contribution in [0.15, 0.2) is 243 Å². The van der Waals surface area contributed by atoms with Gasteiger partial charge in [-0.05, 0) is 145 Å². The summed E-state index contributed by atoms with van der Waals surface area (Å²) in [6, 6.07) is 63.5. The molecular weight excluding hydrogens is 1290 g/mol. The Morgan fingerprint density at radius 3 is 1.32 bits per heavy atom.